The van der Waals surface area contributed by atoms with Gasteiger partial charge in [0.1, 0.15) is 6.04 Å². The first kappa shape index (κ1) is 15.7. The van der Waals surface area contributed by atoms with Gasteiger partial charge in [-0.05, 0) is 43.2 Å². The number of hydrogen-bond donors (Lipinski definition) is 3. The van der Waals surface area contributed by atoms with Gasteiger partial charge in [0.2, 0.25) is 0 Å². The van der Waals surface area contributed by atoms with Gasteiger partial charge in [-0.2, -0.15) is 0 Å². The average molecular weight is 298 g/mol. The van der Waals surface area contributed by atoms with Crippen LogP contribution in [-0.2, 0) is 11.2 Å². The third kappa shape index (κ3) is 4.17. The summed E-state index contributed by atoms with van der Waals surface area (Å²) in [4.78, 5) is 22.8. The third-order valence-corrected chi connectivity index (χ3v) is 3.30. The first-order valence-electron chi connectivity index (χ1n) is 6.91. The molecule has 0 heterocycles. The highest BCUT2D eigenvalue weighted by molar-refractivity contribution is 6.04. The van der Waals surface area contributed by atoms with Gasteiger partial charge in [-0.1, -0.05) is 29.8 Å². The zero-order valence-corrected chi connectivity index (χ0v) is 12.2. The highest BCUT2D eigenvalue weighted by atomic mass is 16.4. The van der Waals surface area contributed by atoms with E-state index in [1.165, 1.54) is 0 Å². The number of carboxylic acid groups (broad SMARTS) is 1. The van der Waals surface area contributed by atoms with Crippen molar-refractivity contribution in [1.82, 2.24) is 0 Å². The Hall–Kier alpha value is -2.66. The summed E-state index contributed by atoms with van der Waals surface area (Å²) < 4.78 is 0. The number of hydrogen-bond acceptors (Lipinski definition) is 3. The van der Waals surface area contributed by atoms with Crippen molar-refractivity contribution in [2.75, 3.05) is 5.32 Å². The maximum atomic E-state index is 12.1. The molecular formula is C17H18N2O3. The molecule has 2 rings (SSSR count). The third-order valence-electron chi connectivity index (χ3n) is 3.30. The first-order valence-corrected chi connectivity index (χ1v) is 6.91. The van der Waals surface area contributed by atoms with Gasteiger partial charge in [-0.15, -0.1) is 0 Å². The van der Waals surface area contributed by atoms with Crippen LogP contribution in [0.25, 0.3) is 0 Å². The number of carbonyl (C=O) groups excluding carboxylic acids is 1. The van der Waals surface area contributed by atoms with Crippen LogP contribution in [0.3, 0.4) is 0 Å². The second kappa shape index (κ2) is 6.87. The summed E-state index contributed by atoms with van der Waals surface area (Å²) in [7, 11) is 0. The van der Waals surface area contributed by atoms with E-state index in [9.17, 15) is 9.59 Å². The molecule has 0 bridgehead atoms. The van der Waals surface area contributed by atoms with Crippen LogP contribution in [0.4, 0.5) is 5.69 Å². The van der Waals surface area contributed by atoms with Crippen LogP contribution < -0.4 is 11.1 Å². The van der Waals surface area contributed by atoms with E-state index < -0.39 is 12.0 Å². The fourth-order valence-electron chi connectivity index (χ4n) is 1.97. The zero-order chi connectivity index (χ0) is 16.1. The monoisotopic (exact) mass is 298 g/mol. The van der Waals surface area contributed by atoms with Crippen molar-refractivity contribution in [3.05, 3.63) is 65.2 Å². The van der Waals surface area contributed by atoms with Gasteiger partial charge in [0.25, 0.3) is 5.91 Å². The van der Waals surface area contributed by atoms with Crippen molar-refractivity contribution in [3.63, 3.8) is 0 Å². The number of aryl methyl sites for hydroxylation is 1. The van der Waals surface area contributed by atoms with Gasteiger partial charge in [0.15, 0.2) is 0 Å². The van der Waals surface area contributed by atoms with E-state index in [2.05, 4.69) is 5.32 Å². The van der Waals surface area contributed by atoms with Crippen molar-refractivity contribution in [2.45, 2.75) is 19.4 Å². The highest BCUT2D eigenvalue weighted by Crippen LogP contribution is 2.13. The number of carbonyl (C=O) groups is 2. The van der Waals surface area contributed by atoms with Crippen LogP contribution in [-0.4, -0.2) is 23.0 Å². The lowest BCUT2D eigenvalue weighted by Crippen LogP contribution is -2.32. The van der Waals surface area contributed by atoms with E-state index in [0.29, 0.717) is 11.3 Å². The Bertz CT molecular complexity index is 663. The molecule has 0 aliphatic carbocycles. The summed E-state index contributed by atoms with van der Waals surface area (Å²) in [5.41, 5.74) is 8.62. The molecule has 2 aromatic rings. The Labute approximate surface area is 128 Å². The molecule has 4 N–H and O–H groups in total. The minimum Gasteiger partial charge on any atom is -0.480 e. The first-order chi connectivity index (χ1) is 10.5. The van der Waals surface area contributed by atoms with Crippen molar-refractivity contribution in [3.8, 4) is 0 Å². The molecule has 0 saturated carbocycles. The zero-order valence-electron chi connectivity index (χ0n) is 12.2. The topological polar surface area (TPSA) is 92.4 Å². The smallest absolute Gasteiger partial charge is 0.320 e. The molecule has 114 valence electrons. The van der Waals surface area contributed by atoms with Crippen LogP contribution in [0.15, 0.2) is 48.5 Å². The number of carboxylic acids is 1. The molecule has 1 amide bonds. The lowest BCUT2D eigenvalue weighted by molar-refractivity contribution is -0.138. The van der Waals surface area contributed by atoms with Crippen LogP contribution in [0, 0.1) is 6.92 Å². The van der Waals surface area contributed by atoms with Crippen LogP contribution >= 0.6 is 0 Å². The molecule has 0 saturated heterocycles. The molecule has 1 unspecified atom stereocenters. The van der Waals surface area contributed by atoms with Crippen LogP contribution in [0.1, 0.15) is 21.5 Å². The Morgan fingerprint density at radius 3 is 2.23 bits per heavy atom. The molecule has 2 aromatic carbocycles. The normalized spacial score (nSPS) is 11.7. The van der Waals surface area contributed by atoms with E-state index in [0.717, 1.165) is 11.1 Å². The summed E-state index contributed by atoms with van der Waals surface area (Å²) in [5.74, 6) is -1.22. The number of nitrogens with two attached hydrogens (primary N) is 1. The standard InChI is InChI=1S/C17H18N2O3/c1-11-2-6-13(7-3-11)16(20)19-14-8-4-12(5-9-14)10-15(18)17(21)22/h2-9,15H,10,18H2,1H3,(H,19,20)(H,21,22). The predicted octanol–water partition coefficient (Wildman–Crippen LogP) is 2.20. The van der Waals surface area contributed by atoms with E-state index in [1.807, 2.05) is 19.1 Å². The lowest BCUT2D eigenvalue weighted by atomic mass is 10.1. The Morgan fingerprint density at radius 1 is 1.09 bits per heavy atom. The van der Waals surface area contributed by atoms with Gasteiger partial charge in [0.05, 0.1) is 0 Å². The van der Waals surface area contributed by atoms with Gasteiger partial charge in [0, 0.05) is 11.3 Å². The number of benzene rings is 2. The van der Waals surface area contributed by atoms with Gasteiger partial charge in [-0.25, -0.2) is 0 Å². The Morgan fingerprint density at radius 2 is 1.68 bits per heavy atom. The number of rotatable bonds is 5. The Balaban J connectivity index is 2.00. The van der Waals surface area contributed by atoms with Gasteiger partial charge >= 0.3 is 5.97 Å². The number of nitrogens with one attached hydrogen (secondary N) is 1. The molecule has 22 heavy (non-hydrogen) atoms. The van der Waals surface area contributed by atoms with Gasteiger partial charge < -0.3 is 16.2 Å². The quantitative estimate of drug-likeness (QED) is 0.789. The summed E-state index contributed by atoms with van der Waals surface area (Å²) in [6.07, 6.45) is 0.252. The van der Waals surface area contributed by atoms with Crippen molar-refractivity contribution in [2.24, 2.45) is 5.73 Å². The van der Waals surface area contributed by atoms with E-state index in [-0.39, 0.29) is 12.3 Å². The van der Waals surface area contributed by atoms with E-state index in [1.54, 1.807) is 36.4 Å². The SMILES string of the molecule is Cc1ccc(C(=O)Nc2ccc(CC(N)C(=O)O)cc2)cc1. The van der Waals surface area contributed by atoms with Gasteiger partial charge in [-0.3, -0.25) is 9.59 Å². The van der Waals surface area contributed by atoms with Crippen LogP contribution in [0.2, 0.25) is 0 Å². The molecule has 5 nitrogen and oxygen atoms in total. The molecule has 0 fully saturated rings. The van der Waals surface area contributed by atoms with Crippen molar-refractivity contribution < 1.29 is 14.7 Å². The molecule has 0 aliphatic heterocycles. The maximum absolute atomic E-state index is 12.1. The summed E-state index contributed by atoms with van der Waals surface area (Å²) in [6.45, 7) is 1.96. The molecule has 0 radical (unpaired) electrons. The molecule has 0 spiro atoms. The minimum atomic E-state index is -1.03. The van der Waals surface area contributed by atoms with Crippen LogP contribution in [0.5, 0.6) is 0 Å². The fraction of sp³-hybridized carbons (Fsp3) is 0.176. The summed E-state index contributed by atoms with van der Waals surface area (Å²) in [5, 5.41) is 11.6. The minimum absolute atomic E-state index is 0.185. The largest absolute Gasteiger partial charge is 0.480 e. The molecule has 5 heteroatoms. The molecule has 0 aromatic heterocycles. The number of amides is 1. The predicted molar refractivity (Wildman–Crippen MR) is 84.9 cm³/mol. The molecular weight excluding hydrogens is 280 g/mol. The highest BCUT2D eigenvalue weighted by Gasteiger charge is 2.12. The summed E-state index contributed by atoms with van der Waals surface area (Å²) >= 11 is 0. The summed E-state index contributed by atoms with van der Waals surface area (Å²) in [6, 6.07) is 13.4. The van der Waals surface area contributed by atoms with Crippen molar-refractivity contribution in [1.29, 1.82) is 0 Å². The fourth-order valence-corrected chi connectivity index (χ4v) is 1.97. The second-order valence-electron chi connectivity index (χ2n) is 5.17. The molecule has 0 aliphatic rings. The maximum Gasteiger partial charge on any atom is 0.320 e. The van der Waals surface area contributed by atoms with Crippen molar-refractivity contribution >= 4 is 17.6 Å². The second-order valence-corrected chi connectivity index (χ2v) is 5.17. The Kier molecular flexibility index (Phi) is 4.91. The lowest BCUT2D eigenvalue weighted by Gasteiger charge is -2.09. The van der Waals surface area contributed by atoms with E-state index >= 15 is 0 Å². The number of anilines is 1. The van der Waals surface area contributed by atoms with E-state index in [4.69, 9.17) is 10.8 Å². The molecule has 1 atom stereocenters. The number of aliphatic carboxylic acids is 1. The average Bonchev–Trinajstić information content (AvgIpc) is 2.49.